The maximum absolute atomic E-state index is 13.3. The lowest BCUT2D eigenvalue weighted by Gasteiger charge is -2.14. The van der Waals surface area contributed by atoms with Crippen LogP contribution in [0.3, 0.4) is 0 Å². The molecule has 0 aliphatic rings. The van der Waals surface area contributed by atoms with Crippen molar-refractivity contribution in [1.82, 2.24) is 4.68 Å². The fourth-order valence-electron chi connectivity index (χ4n) is 2.20. The molecule has 25 heavy (non-hydrogen) atoms. The lowest BCUT2D eigenvalue weighted by Crippen LogP contribution is -2.26. The SMILES string of the molecule is CC(C)CC=Nn1c(-c2ccccc2)cc(C(F)(F)F)c(C#N)c1=O. The van der Waals surface area contributed by atoms with Gasteiger partial charge in [-0.3, -0.25) is 4.79 Å². The number of hydrogen-bond donors (Lipinski definition) is 0. The van der Waals surface area contributed by atoms with Crippen molar-refractivity contribution in [2.75, 3.05) is 0 Å². The summed E-state index contributed by atoms with van der Waals surface area (Å²) in [6.45, 7) is 3.89. The minimum Gasteiger partial charge on any atom is -0.266 e. The zero-order valence-electron chi connectivity index (χ0n) is 13.7. The first-order chi connectivity index (χ1) is 11.8. The molecule has 0 spiro atoms. The van der Waals surface area contributed by atoms with E-state index >= 15 is 0 Å². The lowest BCUT2D eigenvalue weighted by atomic mass is 10.0. The van der Waals surface area contributed by atoms with Crippen molar-refractivity contribution in [2.24, 2.45) is 11.0 Å². The molecular formula is C18H16F3N3O. The first kappa shape index (κ1) is 18.5. The second-order valence-corrected chi connectivity index (χ2v) is 5.84. The van der Waals surface area contributed by atoms with Crippen LogP contribution in [-0.2, 0) is 6.18 Å². The fourth-order valence-corrected chi connectivity index (χ4v) is 2.20. The topological polar surface area (TPSA) is 58.1 Å². The second kappa shape index (κ2) is 7.34. The molecule has 0 atom stereocenters. The van der Waals surface area contributed by atoms with Crippen molar-refractivity contribution < 1.29 is 13.2 Å². The molecular weight excluding hydrogens is 331 g/mol. The molecule has 0 bridgehead atoms. The van der Waals surface area contributed by atoms with Crippen LogP contribution in [0.4, 0.5) is 13.2 Å². The van der Waals surface area contributed by atoms with E-state index in [9.17, 15) is 18.0 Å². The maximum Gasteiger partial charge on any atom is 0.417 e. The summed E-state index contributed by atoms with van der Waals surface area (Å²) in [7, 11) is 0. The van der Waals surface area contributed by atoms with Gasteiger partial charge in [-0.25, -0.2) is 0 Å². The number of benzene rings is 1. The molecule has 0 radical (unpaired) electrons. The van der Waals surface area contributed by atoms with Gasteiger partial charge in [0.1, 0.15) is 11.6 Å². The Morgan fingerprint density at radius 3 is 2.44 bits per heavy atom. The number of rotatable bonds is 4. The van der Waals surface area contributed by atoms with Crippen LogP contribution in [0.2, 0.25) is 0 Å². The molecule has 2 aromatic rings. The van der Waals surface area contributed by atoms with Crippen LogP contribution in [-0.4, -0.2) is 10.9 Å². The Hall–Kier alpha value is -2.88. The molecule has 0 aliphatic carbocycles. The van der Waals surface area contributed by atoms with Crippen molar-refractivity contribution in [1.29, 1.82) is 5.26 Å². The number of alkyl halides is 3. The zero-order chi connectivity index (χ0) is 18.6. The summed E-state index contributed by atoms with van der Waals surface area (Å²) < 4.78 is 40.6. The Balaban J connectivity index is 2.78. The van der Waals surface area contributed by atoms with Crippen LogP contribution in [0, 0.1) is 17.2 Å². The molecule has 1 heterocycles. The molecule has 7 heteroatoms. The van der Waals surface area contributed by atoms with E-state index in [2.05, 4.69) is 5.10 Å². The Kier molecular flexibility index (Phi) is 5.42. The monoisotopic (exact) mass is 347 g/mol. The van der Waals surface area contributed by atoms with Crippen LogP contribution < -0.4 is 5.56 Å². The first-order valence-corrected chi connectivity index (χ1v) is 7.61. The largest absolute Gasteiger partial charge is 0.417 e. The van der Waals surface area contributed by atoms with E-state index < -0.39 is 22.9 Å². The predicted molar refractivity (Wildman–Crippen MR) is 89.2 cm³/mol. The molecule has 0 saturated heterocycles. The van der Waals surface area contributed by atoms with Crippen LogP contribution in [0.5, 0.6) is 0 Å². The standard InChI is InChI=1S/C18H16F3N3O/c1-12(2)8-9-23-24-16(13-6-4-3-5-7-13)10-15(18(19,20)21)14(11-22)17(24)25/h3-7,9-10,12H,8H2,1-2H3. The number of nitriles is 1. The van der Waals surface area contributed by atoms with Crippen LogP contribution in [0.15, 0.2) is 46.3 Å². The zero-order valence-corrected chi connectivity index (χ0v) is 13.7. The highest BCUT2D eigenvalue weighted by Gasteiger charge is 2.36. The number of aromatic nitrogens is 1. The maximum atomic E-state index is 13.3. The number of pyridine rings is 1. The fraction of sp³-hybridized carbons (Fsp3) is 0.278. The molecule has 0 unspecified atom stereocenters. The Morgan fingerprint density at radius 1 is 1.28 bits per heavy atom. The van der Waals surface area contributed by atoms with Crippen molar-refractivity contribution in [3.8, 4) is 17.3 Å². The summed E-state index contributed by atoms with van der Waals surface area (Å²) >= 11 is 0. The third-order valence-electron chi connectivity index (χ3n) is 3.45. The average molecular weight is 347 g/mol. The molecule has 4 nitrogen and oxygen atoms in total. The van der Waals surface area contributed by atoms with Crippen molar-refractivity contribution in [2.45, 2.75) is 26.4 Å². The minimum absolute atomic E-state index is 0.0167. The van der Waals surface area contributed by atoms with E-state index in [0.29, 0.717) is 12.0 Å². The van der Waals surface area contributed by atoms with Gasteiger partial charge in [0.25, 0.3) is 5.56 Å². The molecule has 0 fully saturated rings. The van der Waals surface area contributed by atoms with Gasteiger partial charge in [0.2, 0.25) is 0 Å². The quantitative estimate of drug-likeness (QED) is 0.775. The highest BCUT2D eigenvalue weighted by atomic mass is 19.4. The summed E-state index contributed by atoms with van der Waals surface area (Å²) in [4.78, 5) is 12.5. The Bertz CT molecular complexity index is 875. The molecule has 0 aliphatic heterocycles. The van der Waals surface area contributed by atoms with E-state index in [1.165, 1.54) is 12.3 Å². The molecule has 0 N–H and O–H groups in total. The predicted octanol–water partition coefficient (Wildman–Crippen LogP) is 4.29. The highest BCUT2D eigenvalue weighted by molar-refractivity contribution is 5.64. The van der Waals surface area contributed by atoms with Gasteiger partial charge in [0, 0.05) is 11.8 Å². The third-order valence-corrected chi connectivity index (χ3v) is 3.45. The Labute approximate surface area is 142 Å². The van der Waals surface area contributed by atoms with Crippen LogP contribution >= 0.6 is 0 Å². The first-order valence-electron chi connectivity index (χ1n) is 7.61. The Morgan fingerprint density at radius 2 is 1.92 bits per heavy atom. The van der Waals surface area contributed by atoms with E-state index in [1.54, 1.807) is 30.3 Å². The summed E-state index contributed by atoms with van der Waals surface area (Å²) in [5, 5.41) is 13.1. The highest BCUT2D eigenvalue weighted by Crippen LogP contribution is 2.33. The lowest BCUT2D eigenvalue weighted by molar-refractivity contribution is -0.137. The van der Waals surface area contributed by atoms with E-state index in [1.807, 2.05) is 13.8 Å². The summed E-state index contributed by atoms with van der Waals surface area (Å²) in [6.07, 6.45) is -2.80. The van der Waals surface area contributed by atoms with Gasteiger partial charge in [-0.05, 0) is 18.4 Å². The molecule has 2 rings (SSSR count). The summed E-state index contributed by atoms with van der Waals surface area (Å²) in [5.74, 6) is 0.268. The van der Waals surface area contributed by atoms with Crippen molar-refractivity contribution in [3.05, 3.63) is 57.9 Å². The van der Waals surface area contributed by atoms with E-state index in [-0.39, 0.29) is 11.6 Å². The molecule has 1 aromatic carbocycles. The molecule has 130 valence electrons. The van der Waals surface area contributed by atoms with Crippen molar-refractivity contribution >= 4 is 6.21 Å². The van der Waals surface area contributed by atoms with Crippen LogP contribution in [0.1, 0.15) is 31.4 Å². The second-order valence-electron chi connectivity index (χ2n) is 5.84. The van der Waals surface area contributed by atoms with Gasteiger partial charge in [-0.1, -0.05) is 44.2 Å². The van der Waals surface area contributed by atoms with Gasteiger partial charge in [-0.15, -0.1) is 0 Å². The number of halogens is 3. The smallest absolute Gasteiger partial charge is 0.266 e. The van der Waals surface area contributed by atoms with Gasteiger partial charge in [0.05, 0.1) is 11.3 Å². The van der Waals surface area contributed by atoms with E-state index in [0.717, 1.165) is 10.7 Å². The van der Waals surface area contributed by atoms with Crippen LogP contribution in [0.25, 0.3) is 11.3 Å². The third kappa shape index (κ3) is 4.15. The molecule has 0 saturated carbocycles. The van der Waals surface area contributed by atoms with Gasteiger partial charge < -0.3 is 0 Å². The van der Waals surface area contributed by atoms with E-state index in [4.69, 9.17) is 5.26 Å². The summed E-state index contributed by atoms with van der Waals surface area (Å²) in [5.41, 5.74) is -2.92. The number of hydrogen-bond acceptors (Lipinski definition) is 3. The van der Waals surface area contributed by atoms with Gasteiger partial charge >= 0.3 is 6.18 Å². The normalized spacial score (nSPS) is 11.9. The van der Waals surface area contributed by atoms with Crippen molar-refractivity contribution in [3.63, 3.8) is 0 Å². The van der Waals surface area contributed by atoms with Gasteiger partial charge in [0.15, 0.2) is 0 Å². The van der Waals surface area contributed by atoms with Gasteiger partial charge in [-0.2, -0.15) is 28.2 Å². The average Bonchev–Trinajstić information content (AvgIpc) is 2.55. The minimum atomic E-state index is -4.81. The summed E-state index contributed by atoms with van der Waals surface area (Å²) in [6, 6.07) is 10.3. The number of nitrogens with zero attached hydrogens (tertiary/aromatic N) is 3. The molecule has 0 amide bonds. The molecule has 1 aromatic heterocycles.